The van der Waals surface area contributed by atoms with E-state index in [0.717, 1.165) is 6.07 Å². The second-order valence-electron chi connectivity index (χ2n) is 5.51. The summed E-state index contributed by atoms with van der Waals surface area (Å²) in [5, 5.41) is 22.8. The topological polar surface area (TPSA) is 114 Å². The van der Waals surface area contributed by atoms with Crippen LogP contribution in [0.4, 0.5) is 11.4 Å². The predicted octanol–water partition coefficient (Wildman–Crippen LogP) is 4.96. The zero-order valence-corrected chi connectivity index (χ0v) is 17.7. The number of nitriles is 1. The number of rotatable bonds is 7. The number of benzene rings is 2. The first-order valence-corrected chi connectivity index (χ1v) is 9.35. The summed E-state index contributed by atoms with van der Waals surface area (Å²) in [6.45, 7) is 2.21. The summed E-state index contributed by atoms with van der Waals surface area (Å²) in [4.78, 5) is 22.8. The van der Waals surface area contributed by atoms with Crippen LogP contribution in [0.1, 0.15) is 12.5 Å². The molecule has 150 valence electrons. The van der Waals surface area contributed by atoms with E-state index in [9.17, 15) is 20.2 Å². The molecular formula is C19H15BrClN3O5. The average molecular weight is 481 g/mol. The minimum Gasteiger partial charge on any atom is -0.492 e. The Morgan fingerprint density at radius 3 is 2.72 bits per heavy atom. The third kappa shape index (κ3) is 5.47. The number of hydrogen-bond acceptors (Lipinski definition) is 6. The van der Waals surface area contributed by atoms with Gasteiger partial charge in [-0.05, 0) is 58.8 Å². The van der Waals surface area contributed by atoms with Crippen LogP contribution in [0.15, 0.2) is 40.4 Å². The molecule has 1 N–H and O–H groups in total. The van der Waals surface area contributed by atoms with E-state index in [1.54, 1.807) is 12.1 Å². The molecule has 2 aromatic rings. The van der Waals surface area contributed by atoms with Gasteiger partial charge >= 0.3 is 0 Å². The van der Waals surface area contributed by atoms with Gasteiger partial charge in [-0.2, -0.15) is 5.26 Å². The summed E-state index contributed by atoms with van der Waals surface area (Å²) in [6.07, 6.45) is 1.37. The minimum atomic E-state index is -0.728. The standard InChI is InChI=1S/C19H15BrClN3O5/c1-3-29-17-8-11(7-14(20)18(17)28-2)6-12(10-22)19(25)23-13-4-5-15(21)16(9-13)24(26)27/h4-9H,3H2,1-2H3,(H,23,25)/b12-6+. The van der Waals surface area contributed by atoms with Crippen molar-refractivity contribution in [3.63, 3.8) is 0 Å². The van der Waals surface area contributed by atoms with Crippen molar-refractivity contribution < 1.29 is 19.2 Å². The van der Waals surface area contributed by atoms with Crippen molar-refractivity contribution in [1.29, 1.82) is 5.26 Å². The van der Waals surface area contributed by atoms with Gasteiger partial charge in [0, 0.05) is 11.8 Å². The summed E-state index contributed by atoms with van der Waals surface area (Å²) < 4.78 is 11.4. The van der Waals surface area contributed by atoms with Gasteiger partial charge in [0.2, 0.25) is 0 Å². The molecule has 8 nitrogen and oxygen atoms in total. The molecule has 0 aliphatic heterocycles. The van der Waals surface area contributed by atoms with Gasteiger partial charge in [0.25, 0.3) is 11.6 Å². The highest BCUT2D eigenvalue weighted by atomic mass is 79.9. The lowest BCUT2D eigenvalue weighted by atomic mass is 10.1. The highest BCUT2D eigenvalue weighted by Crippen LogP contribution is 2.37. The van der Waals surface area contributed by atoms with Crippen molar-refractivity contribution in [2.75, 3.05) is 19.0 Å². The summed E-state index contributed by atoms with van der Waals surface area (Å²) >= 11 is 9.13. The first-order valence-electron chi connectivity index (χ1n) is 8.18. The Labute approximate surface area is 180 Å². The molecule has 0 saturated carbocycles. The van der Waals surface area contributed by atoms with Gasteiger partial charge < -0.3 is 14.8 Å². The zero-order chi connectivity index (χ0) is 21.6. The van der Waals surface area contributed by atoms with Crippen molar-refractivity contribution >= 4 is 50.9 Å². The second kappa shape index (κ2) is 9.91. The molecule has 1 amide bonds. The van der Waals surface area contributed by atoms with E-state index in [0.29, 0.717) is 28.1 Å². The van der Waals surface area contributed by atoms with Crippen LogP contribution in [-0.4, -0.2) is 24.5 Å². The number of amides is 1. The molecule has 0 fully saturated rings. The maximum absolute atomic E-state index is 12.5. The van der Waals surface area contributed by atoms with E-state index < -0.39 is 10.8 Å². The third-order valence-corrected chi connectivity index (χ3v) is 4.52. The van der Waals surface area contributed by atoms with Gasteiger partial charge in [-0.1, -0.05) is 11.6 Å². The van der Waals surface area contributed by atoms with Crippen molar-refractivity contribution in [2.24, 2.45) is 0 Å². The van der Waals surface area contributed by atoms with Crippen molar-refractivity contribution in [1.82, 2.24) is 0 Å². The number of nitro benzene ring substituents is 1. The molecule has 0 saturated heterocycles. The molecule has 0 bridgehead atoms. The highest BCUT2D eigenvalue weighted by molar-refractivity contribution is 9.10. The van der Waals surface area contributed by atoms with E-state index in [4.69, 9.17) is 21.1 Å². The monoisotopic (exact) mass is 479 g/mol. The van der Waals surface area contributed by atoms with Gasteiger partial charge in [-0.3, -0.25) is 14.9 Å². The van der Waals surface area contributed by atoms with Crippen LogP contribution < -0.4 is 14.8 Å². The van der Waals surface area contributed by atoms with Crippen molar-refractivity contribution in [3.8, 4) is 17.6 Å². The van der Waals surface area contributed by atoms with Crippen molar-refractivity contribution in [2.45, 2.75) is 6.92 Å². The van der Waals surface area contributed by atoms with E-state index >= 15 is 0 Å². The maximum Gasteiger partial charge on any atom is 0.289 e. The Morgan fingerprint density at radius 1 is 1.41 bits per heavy atom. The van der Waals surface area contributed by atoms with Gasteiger partial charge in [0.1, 0.15) is 16.7 Å². The fourth-order valence-electron chi connectivity index (χ4n) is 2.38. The molecule has 2 aromatic carbocycles. The number of nitrogens with zero attached hydrogens (tertiary/aromatic N) is 2. The number of methoxy groups -OCH3 is 1. The quantitative estimate of drug-likeness (QED) is 0.259. The molecule has 0 radical (unpaired) electrons. The van der Waals surface area contributed by atoms with Crippen LogP contribution in [-0.2, 0) is 4.79 Å². The number of anilines is 1. The fourth-order valence-corrected chi connectivity index (χ4v) is 3.18. The van der Waals surface area contributed by atoms with Crippen LogP contribution >= 0.6 is 27.5 Å². The highest BCUT2D eigenvalue weighted by Gasteiger charge is 2.17. The Kier molecular flexibility index (Phi) is 7.59. The summed E-state index contributed by atoms with van der Waals surface area (Å²) in [5.41, 5.74) is 0.0996. The van der Waals surface area contributed by atoms with Gasteiger partial charge in [0.15, 0.2) is 11.5 Å². The predicted molar refractivity (Wildman–Crippen MR) is 112 cm³/mol. The molecule has 10 heteroatoms. The van der Waals surface area contributed by atoms with Crippen LogP contribution in [0.5, 0.6) is 11.5 Å². The number of ether oxygens (including phenoxy) is 2. The lowest BCUT2D eigenvalue weighted by Crippen LogP contribution is -2.13. The summed E-state index contributed by atoms with van der Waals surface area (Å²) in [7, 11) is 1.50. The molecular weight excluding hydrogens is 466 g/mol. The summed E-state index contributed by atoms with van der Waals surface area (Å²) in [5.74, 6) is 0.205. The van der Waals surface area contributed by atoms with Crippen LogP contribution in [0, 0.1) is 21.4 Å². The van der Waals surface area contributed by atoms with Crippen LogP contribution in [0.2, 0.25) is 5.02 Å². The smallest absolute Gasteiger partial charge is 0.289 e. The van der Waals surface area contributed by atoms with Crippen LogP contribution in [0.3, 0.4) is 0 Å². The Hall–Kier alpha value is -3.09. The second-order valence-corrected chi connectivity index (χ2v) is 6.78. The number of nitrogens with one attached hydrogen (secondary N) is 1. The Bertz CT molecular complexity index is 1030. The third-order valence-electron chi connectivity index (χ3n) is 3.61. The minimum absolute atomic E-state index is 0.0596. The molecule has 2 rings (SSSR count). The Morgan fingerprint density at radius 2 is 2.14 bits per heavy atom. The van der Waals surface area contributed by atoms with E-state index in [2.05, 4.69) is 21.2 Å². The number of carbonyl (C=O) groups excluding carboxylic acids is 1. The normalized spacial score (nSPS) is 10.8. The maximum atomic E-state index is 12.5. The molecule has 0 aliphatic rings. The molecule has 0 unspecified atom stereocenters. The SMILES string of the molecule is CCOc1cc(/C=C(\C#N)C(=O)Nc2ccc(Cl)c([N+](=O)[O-])c2)cc(Br)c1OC. The average Bonchev–Trinajstić information content (AvgIpc) is 2.67. The van der Waals surface area contributed by atoms with E-state index in [-0.39, 0.29) is 22.0 Å². The van der Waals surface area contributed by atoms with Gasteiger partial charge in [0.05, 0.1) is 23.1 Å². The fraction of sp³-hybridized carbons (Fsp3) is 0.158. The van der Waals surface area contributed by atoms with Crippen molar-refractivity contribution in [3.05, 3.63) is 61.1 Å². The molecule has 0 atom stereocenters. The number of halogens is 2. The molecule has 0 aromatic heterocycles. The van der Waals surface area contributed by atoms with Crippen LogP contribution in [0.25, 0.3) is 6.08 Å². The lowest BCUT2D eigenvalue weighted by Gasteiger charge is -2.12. The van der Waals surface area contributed by atoms with E-state index in [1.807, 2.05) is 13.0 Å². The number of hydrogen-bond donors (Lipinski definition) is 1. The first kappa shape index (κ1) is 22.2. The Balaban J connectivity index is 2.35. The van der Waals surface area contributed by atoms with E-state index in [1.165, 1.54) is 25.3 Å². The molecule has 0 spiro atoms. The zero-order valence-electron chi connectivity index (χ0n) is 15.4. The van der Waals surface area contributed by atoms with Gasteiger partial charge in [-0.25, -0.2) is 0 Å². The molecule has 29 heavy (non-hydrogen) atoms. The summed E-state index contributed by atoms with van der Waals surface area (Å²) in [6, 6.07) is 8.93. The largest absolute Gasteiger partial charge is 0.492 e. The lowest BCUT2D eigenvalue weighted by molar-refractivity contribution is -0.384. The number of carbonyl (C=O) groups is 1. The van der Waals surface area contributed by atoms with Gasteiger partial charge in [-0.15, -0.1) is 0 Å². The first-order chi connectivity index (χ1) is 13.8. The molecule has 0 aliphatic carbocycles. The number of nitro groups is 1. The molecule has 0 heterocycles.